The van der Waals surface area contributed by atoms with Crippen LogP contribution in [0.15, 0.2) is 24.3 Å². The van der Waals surface area contributed by atoms with Crippen LogP contribution in [-0.2, 0) is 11.8 Å². The Labute approximate surface area is 182 Å². The summed E-state index contributed by atoms with van der Waals surface area (Å²) in [6.07, 6.45) is 0. The van der Waals surface area contributed by atoms with Crippen LogP contribution >= 0.6 is 11.6 Å². The van der Waals surface area contributed by atoms with Crippen molar-refractivity contribution in [3.05, 3.63) is 57.4 Å². The third-order valence-electron chi connectivity index (χ3n) is 5.33. The second kappa shape index (κ2) is 9.47. The molecule has 30 heavy (non-hydrogen) atoms. The largest absolute Gasteiger partial charge is 0.464 e. The van der Waals surface area contributed by atoms with Crippen molar-refractivity contribution in [3.63, 3.8) is 0 Å². The van der Waals surface area contributed by atoms with E-state index in [2.05, 4.69) is 0 Å². The topological polar surface area (TPSA) is 68.6 Å². The molecule has 1 atom stereocenters. The van der Waals surface area contributed by atoms with Crippen LogP contribution in [-0.4, -0.2) is 46.8 Å². The van der Waals surface area contributed by atoms with Gasteiger partial charge in [0.15, 0.2) is 5.78 Å². The van der Waals surface area contributed by atoms with Gasteiger partial charge in [-0.3, -0.25) is 9.59 Å². The zero-order chi connectivity index (χ0) is 22.7. The maximum atomic E-state index is 13.5. The van der Waals surface area contributed by atoms with Crippen molar-refractivity contribution in [2.75, 3.05) is 13.7 Å². The zero-order valence-corrected chi connectivity index (χ0v) is 19.3. The average Bonchev–Trinajstić information content (AvgIpc) is 2.92. The Balaban J connectivity index is 2.50. The predicted octanol–water partition coefficient (Wildman–Crippen LogP) is 4.45. The van der Waals surface area contributed by atoms with Crippen LogP contribution in [0.1, 0.15) is 63.2 Å². The monoisotopic (exact) mass is 432 g/mol. The molecular formula is C23H29ClN2O4. The summed E-state index contributed by atoms with van der Waals surface area (Å²) in [5, 5.41) is 0.343. The second-order valence-electron chi connectivity index (χ2n) is 7.86. The molecule has 0 fully saturated rings. The molecule has 0 aliphatic rings. The summed E-state index contributed by atoms with van der Waals surface area (Å²) < 4.78 is 6.52. The van der Waals surface area contributed by atoms with Crippen molar-refractivity contribution in [2.24, 2.45) is 13.0 Å². The highest BCUT2D eigenvalue weighted by Crippen LogP contribution is 2.26. The fraction of sp³-hybridized carbons (Fsp3) is 0.435. The van der Waals surface area contributed by atoms with Crippen LogP contribution in [0.25, 0.3) is 0 Å². The number of hydrogen-bond donors (Lipinski definition) is 0. The molecule has 0 bridgehead atoms. The van der Waals surface area contributed by atoms with E-state index in [1.54, 1.807) is 61.6 Å². The van der Waals surface area contributed by atoms with E-state index in [4.69, 9.17) is 16.3 Å². The van der Waals surface area contributed by atoms with E-state index in [1.165, 1.54) is 7.11 Å². The lowest BCUT2D eigenvalue weighted by Gasteiger charge is -2.30. The number of rotatable bonds is 7. The SMILES string of the molecule is COC(=O)c1c(C)c(C(=O)[C@@H](C)N(CC(C)C)C(=O)c2ccccc2Cl)c(C)n1C. The molecule has 0 unspecified atom stereocenters. The van der Waals surface area contributed by atoms with Gasteiger partial charge in [-0.15, -0.1) is 0 Å². The first kappa shape index (κ1) is 23.7. The number of benzene rings is 1. The minimum Gasteiger partial charge on any atom is -0.464 e. The van der Waals surface area contributed by atoms with Gasteiger partial charge in [0.2, 0.25) is 0 Å². The number of nitrogens with zero attached hydrogens (tertiary/aromatic N) is 2. The maximum absolute atomic E-state index is 13.5. The third kappa shape index (κ3) is 4.43. The van der Waals surface area contributed by atoms with E-state index >= 15 is 0 Å². The van der Waals surface area contributed by atoms with Crippen molar-refractivity contribution in [2.45, 2.75) is 40.7 Å². The summed E-state index contributed by atoms with van der Waals surface area (Å²) in [5.41, 5.74) is 2.33. The lowest BCUT2D eigenvalue weighted by atomic mass is 9.98. The molecule has 1 aromatic carbocycles. The Kier molecular flexibility index (Phi) is 7.48. The highest BCUT2D eigenvalue weighted by Gasteiger charge is 2.33. The number of amides is 1. The lowest BCUT2D eigenvalue weighted by molar-refractivity contribution is 0.0587. The minimum absolute atomic E-state index is 0.148. The normalized spacial score (nSPS) is 12.0. The first-order valence-electron chi connectivity index (χ1n) is 9.86. The van der Waals surface area contributed by atoms with E-state index in [-0.39, 0.29) is 17.6 Å². The van der Waals surface area contributed by atoms with Gasteiger partial charge < -0.3 is 14.2 Å². The van der Waals surface area contributed by atoms with Crippen LogP contribution < -0.4 is 0 Å². The van der Waals surface area contributed by atoms with E-state index in [0.717, 1.165) is 0 Å². The Hall–Kier alpha value is -2.60. The predicted molar refractivity (Wildman–Crippen MR) is 117 cm³/mol. The first-order chi connectivity index (χ1) is 14.0. The Morgan fingerprint density at radius 3 is 2.27 bits per heavy atom. The maximum Gasteiger partial charge on any atom is 0.354 e. The number of hydrogen-bond acceptors (Lipinski definition) is 4. The van der Waals surface area contributed by atoms with E-state index in [1.807, 2.05) is 13.8 Å². The molecule has 0 radical (unpaired) electrons. The van der Waals surface area contributed by atoms with Crippen LogP contribution in [0.3, 0.4) is 0 Å². The number of esters is 1. The highest BCUT2D eigenvalue weighted by molar-refractivity contribution is 6.33. The Morgan fingerprint density at radius 1 is 1.13 bits per heavy atom. The lowest BCUT2D eigenvalue weighted by Crippen LogP contribution is -2.45. The van der Waals surface area contributed by atoms with Gasteiger partial charge in [-0.2, -0.15) is 0 Å². The van der Waals surface area contributed by atoms with E-state index < -0.39 is 12.0 Å². The summed E-state index contributed by atoms with van der Waals surface area (Å²) in [6.45, 7) is 9.58. The molecule has 162 valence electrons. The highest BCUT2D eigenvalue weighted by atomic mass is 35.5. The zero-order valence-electron chi connectivity index (χ0n) is 18.6. The number of carbonyl (C=O) groups is 3. The Morgan fingerprint density at radius 2 is 1.73 bits per heavy atom. The molecule has 6 nitrogen and oxygen atoms in total. The molecule has 0 N–H and O–H groups in total. The molecule has 2 aromatic rings. The standard InChI is InChI=1S/C23H29ClN2O4/c1-13(2)12-26(22(28)17-10-8-9-11-18(17)24)16(5)21(27)19-14(3)20(23(29)30-7)25(6)15(19)4/h8-11,13,16H,12H2,1-7H3/t16-/m1/s1. The smallest absolute Gasteiger partial charge is 0.354 e. The summed E-state index contributed by atoms with van der Waals surface area (Å²) >= 11 is 6.24. The van der Waals surface area contributed by atoms with Crippen LogP contribution in [0.2, 0.25) is 5.02 Å². The number of Topliss-reactive ketones (excluding diaryl/α,β-unsaturated/α-hetero) is 1. The fourth-order valence-corrected chi connectivity index (χ4v) is 3.89. The molecule has 1 aromatic heterocycles. The third-order valence-corrected chi connectivity index (χ3v) is 5.66. The van der Waals surface area contributed by atoms with Gasteiger partial charge in [0.25, 0.3) is 5.91 Å². The van der Waals surface area contributed by atoms with E-state index in [9.17, 15) is 14.4 Å². The molecule has 1 heterocycles. The summed E-state index contributed by atoms with van der Waals surface area (Å²) in [7, 11) is 3.03. The van der Waals surface area contributed by atoms with Crippen LogP contribution in [0.5, 0.6) is 0 Å². The van der Waals surface area contributed by atoms with Crippen LogP contribution in [0, 0.1) is 19.8 Å². The van der Waals surface area contributed by atoms with Gasteiger partial charge in [-0.1, -0.05) is 37.6 Å². The van der Waals surface area contributed by atoms with Crippen LogP contribution in [0.4, 0.5) is 0 Å². The van der Waals surface area contributed by atoms with Crippen molar-refractivity contribution < 1.29 is 19.1 Å². The molecule has 7 heteroatoms. The molecular weight excluding hydrogens is 404 g/mol. The number of carbonyl (C=O) groups excluding carboxylic acids is 3. The average molecular weight is 433 g/mol. The van der Waals surface area contributed by atoms with Crippen molar-refractivity contribution in [1.29, 1.82) is 0 Å². The van der Waals surface area contributed by atoms with Gasteiger partial charge in [-0.25, -0.2) is 4.79 Å². The first-order valence-corrected chi connectivity index (χ1v) is 10.2. The van der Waals surface area contributed by atoms with E-state index in [0.29, 0.717) is 39.6 Å². The van der Waals surface area contributed by atoms with Gasteiger partial charge in [0.05, 0.1) is 23.7 Å². The number of halogens is 1. The minimum atomic E-state index is -0.735. The van der Waals surface area contributed by atoms with Gasteiger partial charge in [-0.05, 0) is 44.4 Å². The quantitative estimate of drug-likeness (QED) is 0.478. The molecule has 0 aliphatic carbocycles. The van der Waals surface area contributed by atoms with Crippen molar-refractivity contribution in [1.82, 2.24) is 9.47 Å². The van der Waals surface area contributed by atoms with Crippen molar-refractivity contribution in [3.8, 4) is 0 Å². The summed E-state index contributed by atoms with van der Waals surface area (Å²) in [4.78, 5) is 40.5. The van der Waals surface area contributed by atoms with Gasteiger partial charge >= 0.3 is 5.97 Å². The number of ketones is 1. The number of ether oxygens (including phenoxy) is 1. The summed E-state index contributed by atoms with van der Waals surface area (Å²) in [5.74, 6) is -0.877. The second-order valence-corrected chi connectivity index (χ2v) is 8.26. The van der Waals surface area contributed by atoms with Gasteiger partial charge in [0.1, 0.15) is 5.69 Å². The molecule has 2 rings (SSSR count). The van der Waals surface area contributed by atoms with Gasteiger partial charge in [0, 0.05) is 24.8 Å². The fourth-order valence-electron chi connectivity index (χ4n) is 3.68. The molecule has 0 saturated heterocycles. The molecule has 0 aliphatic heterocycles. The van der Waals surface area contributed by atoms with Crippen molar-refractivity contribution >= 4 is 29.3 Å². The number of aromatic nitrogens is 1. The molecule has 1 amide bonds. The molecule has 0 saturated carbocycles. The summed E-state index contributed by atoms with van der Waals surface area (Å²) in [6, 6.07) is 6.08. The number of methoxy groups -OCH3 is 1. The molecule has 0 spiro atoms. The Bertz CT molecular complexity index is 978.